The fourth-order valence-electron chi connectivity index (χ4n) is 5.71. The lowest BCUT2D eigenvalue weighted by Gasteiger charge is -2.20. The Hall–Kier alpha value is -4.92. The van der Waals surface area contributed by atoms with Gasteiger partial charge in [-0.1, -0.05) is 19.3 Å². The van der Waals surface area contributed by atoms with Crippen molar-refractivity contribution in [2.45, 2.75) is 38.5 Å². The Bertz CT molecular complexity index is 1820. The van der Waals surface area contributed by atoms with Crippen LogP contribution < -0.4 is 5.32 Å². The first kappa shape index (κ1) is 24.1. The van der Waals surface area contributed by atoms with Crippen LogP contribution in [0.1, 0.15) is 38.5 Å². The van der Waals surface area contributed by atoms with Crippen molar-refractivity contribution in [3.63, 3.8) is 0 Å². The Morgan fingerprint density at radius 1 is 0.850 bits per heavy atom. The number of aromatic amines is 2. The number of carbonyl (C=O) groups is 1. The number of hydrogen-bond donors (Lipinski definition) is 3. The van der Waals surface area contributed by atoms with Crippen LogP contribution in [0.3, 0.4) is 0 Å². The summed E-state index contributed by atoms with van der Waals surface area (Å²) < 4.78 is 0. The third-order valence-corrected chi connectivity index (χ3v) is 7.70. The van der Waals surface area contributed by atoms with Crippen LogP contribution in [-0.4, -0.2) is 41.0 Å². The van der Waals surface area contributed by atoms with Gasteiger partial charge in [0.15, 0.2) is 0 Å². The average molecular weight is 529 g/mol. The predicted molar refractivity (Wildman–Crippen MR) is 155 cm³/mol. The lowest BCUT2D eigenvalue weighted by molar-refractivity contribution is -0.117. The van der Waals surface area contributed by atoms with E-state index in [1.807, 2.05) is 36.5 Å². The van der Waals surface area contributed by atoms with E-state index in [1.165, 1.54) is 19.3 Å². The zero-order valence-corrected chi connectivity index (χ0v) is 21.9. The van der Waals surface area contributed by atoms with Crippen molar-refractivity contribution in [2.75, 3.05) is 5.32 Å². The van der Waals surface area contributed by atoms with E-state index in [-0.39, 0.29) is 5.91 Å². The van der Waals surface area contributed by atoms with Crippen LogP contribution in [0, 0.1) is 5.92 Å². The van der Waals surface area contributed by atoms with Crippen LogP contribution in [0.25, 0.3) is 55.7 Å². The zero-order valence-electron chi connectivity index (χ0n) is 21.9. The summed E-state index contributed by atoms with van der Waals surface area (Å²) in [6.07, 6.45) is 17.2. The summed E-state index contributed by atoms with van der Waals surface area (Å²) in [6, 6.07) is 11.9. The Balaban J connectivity index is 1.19. The molecular formula is C31H28N8O. The van der Waals surface area contributed by atoms with Crippen molar-refractivity contribution in [1.29, 1.82) is 0 Å². The number of pyridine rings is 4. The van der Waals surface area contributed by atoms with E-state index in [4.69, 9.17) is 0 Å². The Morgan fingerprint density at radius 2 is 1.73 bits per heavy atom. The Kier molecular flexibility index (Phi) is 6.24. The number of aromatic nitrogens is 7. The van der Waals surface area contributed by atoms with E-state index in [0.29, 0.717) is 18.0 Å². The molecule has 6 heterocycles. The highest BCUT2D eigenvalue weighted by Crippen LogP contribution is 2.34. The molecule has 1 fully saturated rings. The van der Waals surface area contributed by atoms with E-state index in [2.05, 4.69) is 46.5 Å². The number of fused-ring (bicyclic) bond motifs is 2. The first-order chi connectivity index (χ1) is 19.7. The Morgan fingerprint density at radius 3 is 2.60 bits per heavy atom. The number of anilines is 1. The van der Waals surface area contributed by atoms with Gasteiger partial charge in [-0.2, -0.15) is 5.10 Å². The molecule has 40 heavy (non-hydrogen) atoms. The number of carbonyl (C=O) groups excluding carboxylic acids is 1. The molecule has 0 atom stereocenters. The standard InChI is InChI=1S/C31H28N8O/c40-29(11-19-5-2-1-3-6-19)36-22-12-21(16-33-17-22)26-13-24-28(18-35-26)38-39-31(24)27-14-23-25(37-27)8-10-34-30(23)20-7-4-9-32-15-20/h4,7-10,12-19,37H,1-3,5-6,11H2,(H,36,40)(H,38,39). The molecule has 0 aliphatic heterocycles. The van der Waals surface area contributed by atoms with E-state index in [0.717, 1.165) is 68.6 Å². The maximum absolute atomic E-state index is 12.7. The SMILES string of the molecule is O=C(CC1CCCCC1)Nc1cncc(-c2cc3c(-c4cc5c(-c6cccnc6)nccc5[nH]4)n[nH]c3cn2)c1. The molecule has 6 aromatic heterocycles. The summed E-state index contributed by atoms with van der Waals surface area (Å²) in [6.45, 7) is 0. The minimum absolute atomic E-state index is 0.0466. The summed E-state index contributed by atoms with van der Waals surface area (Å²) in [5.41, 5.74) is 7.53. The van der Waals surface area contributed by atoms with Gasteiger partial charge < -0.3 is 10.3 Å². The zero-order chi connectivity index (χ0) is 26.9. The highest BCUT2D eigenvalue weighted by molar-refractivity contribution is 6.00. The molecule has 0 spiro atoms. The van der Waals surface area contributed by atoms with Crippen LogP contribution in [0.15, 0.2) is 73.6 Å². The molecule has 198 valence electrons. The highest BCUT2D eigenvalue weighted by Gasteiger charge is 2.18. The van der Waals surface area contributed by atoms with Gasteiger partial charge in [-0.25, -0.2) is 0 Å². The fourth-order valence-corrected chi connectivity index (χ4v) is 5.71. The molecule has 1 amide bonds. The van der Waals surface area contributed by atoms with Crippen LogP contribution >= 0.6 is 0 Å². The summed E-state index contributed by atoms with van der Waals surface area (Å²) >= 11 is 0. The first-order valence-corrected chi connectivity index (χ1v) is 13.7. The van der Waals surface area contributed by atoms with Gasteiger partial charge in [-0.05, 0) is 55.2 Å². The lowest BCUT2D eigenvalue weighted by atomic mass is 9.87. The van der Waals surface area contributed by atoms with Gasteiger partial charge in [0.25, 0.3) is 0 Å². The van der Waals surface area contributed by atoms with E-state index >= 15 is 0 Å². The number of nitrogens with one attached hydrogen (secondary N) is 3. The van der Waals surface area contributed by atoms with Crippen LogP contribution in [-0.2, 0) is 4.79 Å². The molecule has 0 bridgehead atoms. The summed E-state index contributed by atoms with van der Waals surface area (Å²) in [5.74, 6) is 0.527. The Labute approximate surface area is 230 Å². The highest BCUT2D eigenvalue weighted by atomic mass is 16.1. The molecule has 7 rings (SSSR count). The minimum Gasteiger partial charge on any atom is -0.353 e. The van der Waals surface area contributed by atoms with E-state index < -0.39 is 0 Å². The van der Waals surface area contributed by atoms with Crippen LogP contribution in [0.2, 0.25) is 0 Å². The van der Waals surface area contributed by atoms with Crippen molar-refractivity contribution in [3.8, 4) is 33.9 Å². The number of nitrogens with zero attached hydrogens (tertiary/aromatic N) is 5. The van der Waals surface area contributed by atoms with Crippen molar-refractivity contribution in [3.05, 3.63) is 73.6 Å². The topological polar surface area (TPSA) is 125 Å². The molecule has 6 aromatic rings. The lowest BCUT2D eigenvalue weighted by Crippen LogP contribution is -2.18. The maximum Gasteiger partial charge on any atom is 0.224 e. The van der Waals surface area contributed by atoms with Gasteiger partial charge >= 0.3 is 0 Å². The van der Waals surface area contributed by atoms with Gasteiger partial charge in [0.2, 0.25) is 5.91 Å². The van der Waals surface area contributed by atoms with Crippen molar-refractivity contribution in [1.82, 2.24) is 35.1 Å². The van der Waals surface area contributed by atoms with Crippen LogP contribution in [0.4, 0.5) is 5.69 Å². The van der Waals surface area contributed by atoms with Gasteiger partial charge in [0, 0.05) is 58.6 Å². The van der Waals surface area contributed by atoms with Gasteiger partial charge in [-0.15, -0.1) is 0 Å². The van der Waals surface area contributed by atoms with Gasteiger partial charge in [-0.3, -0.25) is 29.8 Å². The molecule has 1 aliphatic carbocycles. The van der Waals surface area contributed by atoms with Crippen molar-refractivity contribution < 1.29 is 4.79 Å². The van der Waals surface area contributed by atoms with Crippen molar-refractivity contribution in [2.24, 2.45) is 5.92 Å². The molecule has 0 saturated heterocycles. The first-order valence-electron chi connectivity index (χ1n) is 13.7. The number of hydrogen-bond acceptors (Lipinski definition) is 6. The third-order valence-electron chi connectivity index (χ3n) is 7.70. The monoisotopic (exact) mass is 528 g/mol. The van der Waals surface area contributed by atoms with E-state index in [1.54, 1.807) is 31.0 Å². The normalized spacial score (nSPS) is 14.1. The second-order valence-electron chi connectivity index (χ2n) is 10.5. The average Bonchev–Trinajstić information content (AvgIpc) is 3.62. The molecule has 0 radical (unpaired) electrons. The number of H-pyrrole nitrogens is 2. The second kappa shape index (κ2) is 10.3. The largest absolute Gasteiger partial charge is 0.353 e. The summed E-state index contributed by atoms with van der Waals surface area (Å²) in [4.78, 5) is 34.1. The molecule has 0 aromatic carbocycles. The van der Waals surface area contributed by atoms with Gasteiger partial charge in [0.1, 0.15) is 5.69 Å². The smallest absolute Gasteiger partial charge is 0.224 e. The van der Waals surface area contributed by atoms with Crippen molar-refractivity contribution >= 4 is 33.4 Å². The molecule has 3 N–H and O–H groups in total. The summed E-state index contributed by atoms with van der Waals surface area (Å²) in [5, 5.41) is 12.7. The molecule has 1 aliphatic rings. The quantitative estimate of drug-likeness (QED) is 0.226. The fraction of sp³-hybridized carbons (Fsp3) is 0.226. The second-order valence-corrected chi connectivity index (χ2v) is 10.5. The number of amides is 1. The molecule has 9 heteroatoms. The maximum atomic E-state index is 12.7. The molecule has 0 unspecified atom stereocenters. The summed E-state index contributed by atoms with van der Waals surface area (Å²) in [7, 11) is 0. The molecular weight excluding hydrogens is 500 g/mol. The van der Waals surface area contributed by atoms with E-state index in [9.17, 15) is 4.79 Å². The minimum atomic E-state index is 0.0466. The predicted octanol–water partition coefficient (Wildman–Crippen LogP) is 6.53. The van der Waals surface area contributed by atoms with Gasteiger partial charge in [0.05, 0.1) is 40.7 Å². The third kappa shape index (κ3) is 4.70. The molecule has 1 saturated carbocycles. The number of rotatable bonds is 6. The molecule has 9 nitrogen and oxygen atoms in total. The van der Waals surface area contributed by atoms with Crippen LogP contribution in [0.5, 0.6) is 0 Å².